The van der Waals surface area contributed by atoms with E-state index in [0.717, 1.165) is 7.05 Å². The number of alkyl halides is 3. The first kappa shape index (κ1) is 14.8. The van der Waals surface area contributed by atoms with Crippen molar-refractivity contribution in [2.75, 3.05) is 20.7 Å². The topological polar surface area (TPSA) is 29.5 Å². The highest BCUT2D eigenvalue weighted by molar-refractivity contribution is 9.10. The fraction of sp³-hybridized carbons (Fsp3) is 0.364. The van der Waals surface area contributed by atoms with Crippen molar-refractivity contribution in [3.63, 3.8) is 0 Å². The molecular formula is C11H11BrF3NO2. The average Bonchev–Trinajstić information content (AvgIpc) is 2.26. The van der Waals surface area contributed by atoms with Gasteiger partial charge in [-0.15, -0.1) is 0 Å². The third-order valence-electron chi connectivity index (χ3n) is 2.16. The first-order chi connectivity index (χ1) is 8.24. The third-order valence-corrected chi connectivity index (χ3v) is 2.82. The predicted octanol–water partition coefficient (Wildman–Crippen LogP) is 3.09. The molecule has 0 aliphatic rings. The molecule has 1 aromatic carbocycles. The average molecular weight is 326 g/mol. The van der Waals surface area contributed by atoms with Crippen LogP contribution in [0.1, 0.15) is 10.4 Å². The summed E-state index contributed by atoms with van der Waals surface area (Å²) in [6, 6.07) is 4.37. The van der Waals surface area contributed by atoms with Gasteiger partial charge in [0.25, 0.3) is 5.91 Å². The van der Waals surface area contributed by atoms with Gasteiger partial charge < -0.3 is 9.64 Å². The van der Waals surface area contributed by atoms with E-state index >= 15 is 0 Å². The van der Waals surface area contributed by atoms with Gasteiger partial charge in [0, 0.05) is 12.6 Å². The number of rotatable bonds is 3. The molecule has 0 heterocycles. The van der Waals surface area contributed by atoms with Crippen LogP contribution in [0.5, 0.6) is 5.75 Å². The number of methoxy groups -OCH3 is 1. The van der Waals surface area contributed by atoms with Crippen LogP contribution < -0.4 is 4.74 Å². The van der Waals surface area contributed by atoms with Crippen molar-refractivity contribution in [3.05, 3.63) is 28.2 Å². The summed E-state index contributed by atoms with van der Waals surface area (Å²) in [5.41, 5.74) is 0.141. The minimum Gasteiger partial charge on any atom is -0.496 e. The van der Waals surface area contributed by atoms with Crippen molar-refractivity contribution in [1.82, 2.24) is 4.90 Å². The summed E-state index contributed by atoms with van der Waals surface area (Å²) in [6.45, 7) is -1.29. The Morgan fingerprint density at radius 3 is 2.56 bits per heavy atom. The highest BCUT2D eigenvalue weighted by Crippen LogP contribution is 2.26. The van der Waals surface area contributed by atoms with Crippen LogP contribution in [0.15, 0.2) is 22.7 Å². The lowest BCUT2D eigenvalue weighted by atomic mass is 10.2. The van der Waals surface area contributed by atoms with Crippen molar-refractivity contribution in [2.45, 2.75) is 6.18 Å². The summed E-state index contributed by atoms with van der Waals surface area (Å²) in [5.74, 6) is -0.320. The minimum atomic E-state index is -4.41. The highest BCUT2D eigenvalue weighted by Gasteiger charge is 2.31. The molecule has 0 unspecified atom stereocenters. The lowest BCUT2D eigenvalue weighted by Gasteiger charge is -2.19. The van der Waals surface area contributed by atoms with Crippen molar-refractivity contribution in [1.29, 1.82) is 0 Å². The Bertz CT molecular complexity index is 448. The number of hydrogen-bond donors (Lipinski definition) is 0. The van der Waals surface area contributed by atoms with Crippen LogP contribution in [0.3, 0.4) is 0 Å². The van der Waals surface area contributed by atoms with Crippen LogP contribution in [0.25, 0.3) is 0 Å². The molecule has 100 valence electrons. The van der Waals surface area contributed by atoms with Gasteiger partial charge in [0.2, 0.25) is 0 Å². The van der Waals surface area contributed by atoms with E-state index in [2.05, 4.69) is 15.9 Å². The molecule has 0 saturated carbocycles. The Kier molecular flexibility index (Phi) is 4.61. The lowest BCUT2D eigenvalue weighted by molar-refractivity contribution is -0.138. The van der Waals surface area contributed by atoms with Crippen LogP contribution in [0.4, 0.5) is 13.2 Å². The molecule has 0 aliphatic carbocycles. The molecule has 0 aliphatic heterocycles. The second kappa shape index (κ2) is 5.60. The number of carbonyl (C=O) groups excluding carboxylic acids is 1. The van der Waals surface area contributed by atoms with Crippen molar-refractivity contribution >= 4 is 21.8 Å². The molecule has 0 spiro atoms. The minimum absolute atomic E-state index is 0.141. The van der Waals surface area contributed by atoms with Crippen LogP contribution in [0.2, 0.25) is 0 Å². The summed E-state index contributed by atoms with van der Waals surface area (Å²) in [5, 5.41) is 0. The molecule has 0 radical (unpaired) electrons. The molecule has 7 heteroatoms. The number of benzene rings is 1. The van der Waals surface area contributed by atoms with Crippen molar-refractivity contribution in [2.24, 2.45) is 0 Å². The third kappa shape index (κ3) is 3.90. The lowest BCUT2D eigenvalue weighted by Crippen LogP contribution is -2.35. The number of nitrogens with zero attached hydrogens (tertiary/aromatic N) is 1. The van der Waals surface area contributed by atoms with E-state index in [4.69, 9.17) is 4.74 Å². The summed E-state index contributed by atoms with van der Waals surface area (Å²) in [4.78, 5) is 12.4. The second-order valence-corrected chi connectivity index (χ2v) is 4.48. The van der Waals surface area contributed by atoms with E-state index in [1.807, 2.05) is 0 Å². The molecule has 0 fully saturated rings. The molecule has 18 heavy (non-hydrogen) atoms. The van der Waals surface area contributed by atoms with Gasteiger partial charge >= 0.3 is 6.18 Å². The van der Waals surface area contributed by atoms with Gasteiger partial charge in [-0.2, -0.15) is 13.2 Å². The number of amides is 1. The zero-order chi connectivity index (χ0) is 13.9. The van der Waals surface area contributed by atoms with Crippen molar-refractivity contribution in [3.8, 4) is 5.75 Å². The zero-order valence-corrected chi connectivity index (χ0v) is 11.3. The van der Waals surface area contributed by atoms with E-state index < -0.39 is 18.6 Å². The molecule has 1 amide bonds. The van der Waals surface area contributed by atoms with Gasteiger partial charge in [-0.1, -0.05) is 0 Å². The number of hydrogen-bond acceptors (Lipinski definition) is 2. The maximum Gasteiger partial charge on any atom is 0.406 e. The van der Waals surface area contributed by atoms with Gasteiger partial charge in [0.1, 0.15) is 12.3 Å². The molecular weight excluding hydrogens is 315 g/mol. The van der Waals surface area contributed by atoms with Gasteiger partial charge in [0.05, 0.1) is 11.6 Å². The second-order valence-electron chi connectivity index (χ2n) is 3.63. The molecule has 0 aromatic heterocycles. The highest BCUT2D eigenvalue weighted by atomic mass is 79.9. The van der Waals surface area contributed by atoms with Crippen LogP contribution in [-0.4, -0.2) is 37.7 Å². The van der Waals surface area contributed by atoms with E-state index in [1.165, 1.54) is 19.2 Å². The molecule has 0 bridgehead atoms. The van der Waals surface area contributed by atoms with Gasteiger partial charge in [0.15, 0.2) is 0 Å². The van der Waals surface area contributed by atoms with Gasteiger partial charge in [-0.3, -0.25) is 4.79 Å². The largest absolute Gasteiger partial charge is 0.496 e. The molecule has 1 rings (SSSR count). The normalized spacial score (nSPS) is 11.2. The summed E-state index contributed by atoms with van der Waals surface area (Å²) in [6.07, 6.45) is -4.41. The van der Waals surface area contributed by atoms with E-state index in [0.29, 0.717) is 15.1 Å². The SMILES string of the molecule is COc1cc(C(=O)N(C)CC(F)(F)F)ccc1Br. The molecule has 1 aromatic rings. The standard InChI is InChI=1S/C11H11BrF3NO2/c1-16(6-11(13,14)15)10(17)7-3-4-8(12)9(5-7)18-2/h3-5H,6H2,1-2H3. The Hall–Kier alpha value is -1.24. The molecule has 0 N–H and O–H groups in total. The van der Waals surface area contributed by atoms with E-state index in [-0.39, 0.29) is 5.56 Å². The fourth-order valence-electron chi connectivity index (χ4n) is 1.35. The monoisotopic (exact) mass is 325 g/mol. The quantitative estimate of drug-likeness (QED) is 0.854. The van der Waals surface area contributed by atoms with Gasteiger partial charge in [-0.25, -0.2) is 0 Å². The zero-order valence-electron chi connectivity index (χ0n) is 9.71. The Balaban J connectivity index is 2.90. The maximum atomic E-state index is 12.2. The molecule has 3 nitrogen and oxygen atoms in total. The number of carbonyl (C=O) groups is 1. The van der Waals surface area contributed by atoms with Crippen LogP contribution in [0, 0.1) is 0 Å². The van der Waals surface area contributed by atoms with Crippen molar-refractivity contribution < 1.29 is 22.7 Å². The Morgan fingerprint density at radius 1 is 1.44 bits per heavy atom. The first-order valence-electron chi connectivity index (χ1n) is 4.90. The maximum absolute atomic E-state index is 12.2. The predicted molar refractivity (Wildman–Crippen MR) is 63.7 cm³/mol. The summed E-state index contributed by atoms with van der Waals surface area (Å²) >= 11 is 3.20. The molecule has 0 saturated heterocycles. The Labute approximate surface area is 111 Å². The Morgan fingerprint density at radius 2 is 2.06 bits per heavy atom. The number of halogens is 4. The first-order valence-corrected chi connectivity index (χ1v) is 5.69. The van der Waals surface area contributed by atoms with Crippen LogP contribution >= 0.6 is 15.9 Å². The summed E-state index contributed by atoms with van der Waals surface area (Å²) < 4.78 is 42.1. The van der Waals surface area contributed by atoms with E-state index in [1.54, 1.807) is 6.07 Å². The van der Waals surface area contributed by atoms with Gasteiger partial charge in [-0.05, 0) is 34.1 Å². The summed E-state index contributed by atoms with van der Waals surface area (Å²) in [7, 11) is 2.51. The van der Waals surface area contributed by atoms with E-state index in [9.17, 15) is 18.0 Å². The fourth-order valence-corrected chi connectivity index (χ4v) is 1.76. The smallest absolute Gasteiger partial charge is 0.406 e. The molecule has 0 atom stereocenters. The number of ether oxygens (including phenoxy) is 1. The van der Waals surface area contributed by atoms with Crippen LogP contribution in [-0.2, 0) is 0 Å².